The van der Waals surface area contributed by atoms with Crippen LogP contribution in [0.1, 0.15) is 54.4 Å². The Morgan fingerprint density at radius 3 is 1.60 bits per heavy atom. The molecule has 0 aromatic heterocycles. The lowest BCUT2D eigenvalue weighted by Gasteiger charge is -2.34. The molecule has 0 aliphatic carbocycles. The summed E-state index contributed by atoms with van der Waals surface area (Å²) in [5, 5.41) is 16.9. The van der Waals surface area contributed by atoms with E-state index in [0.717, 1.165) is 12.8 Å². The van der Waals surface area contributed by atoms with Crippen molar-refractivity contribution < 1.29 is 31.6 Å². The van der Waals surface area contributed by atoms with Gasteiger partial charge in [0.1, 0.15) is 18.5 Å². The van der Waals surface area contributed by atoms with E-state index < -0.39 is 32.1 Å². The average molecular weight is 754 g/mol. The van der Waals surface area contributed by atoms with Crippen LogP contribution in [0, 0.1) is 34.5 Å². The van der Waals surface area contributed by atoms with Crippen LogP contribution in [0.5, 0.6) is 0 Å². The van der Waals surface area contributed by atoms with Crippen LogP contribution >= 0.6 is 12.4 Å². The minimum absolute atomic E-state index is 0. The van der Waals surface area contributed by atoms with E-state index in [9.17, 15) is 31.6 Å². The predicted molar refractivity (Wildman–Crippen MR) is 197 cm³/mol. The highest BCUT2D eigenvalue weighted by molar-refractivity contribution is 7.89. The van der Waals surface area contributed by atoms with Gasteiger partial charge in [-0.1, -0.05) is 53.7 Å². The maximum absolute atomic E-state index is 14.0. The molecule has 3 aromatic carbocycles. The maximum atomic E-state index is 14.0. The topological polar surface area (TPSA) is 175 Å². The predicted octanol–water partition coefficient (Wildman–Crippen LogP) is 6.15. The molecule has 2 heterocycles. The molecular weight excluding hydrogens is 706 g/mol. The number of benzene rings is 3. The number of anilines is 1. The van der Waals surface area contributed by atoms with Gasteiger partial charge in [-0.15, -0.1) is 17.3 Å². The first-order chi connectivity index (χ1) is 23.0. The van der Waals surface area contributed by atoms with Crippen LogP contribution in [0.3, 0.4) is 0 Å². The van der Waals surface area contributed by atoms with Gasteiger partial charge in [-0.25, -0.2) is 16.8 Å². The number of sulfonamides is 2. The fraction of sp³-hybridized carbons (Fsp3) is 0.559. The molecule has 276 valence electrons. The number of fused-ring (bicyclic) bond motifs is 2. The van der Waals surface area contributed by atoms with Crippen LogP contribution in [0.2, 0.25) is 0 Å². The van der Waals surface area contributed by atoms with Gasteiger partial charge < -0.3 is 5.11 Å². The van der Waals surface area contributed by atoms with E-state index in [4.69, 9.17) is 4.84 Å². The number of nitroso groups, excluding NO2 is 1. The lowest BCUT2D eigenvalue weighted by Crippen LogP contribution is -2.42. The van der Waals surface area contributed by atoms with Crippen molar-refractivity contribution >= 4 is 71.3 Å². The van der Waals surface area contributed by atoms with Crippen molar-refractivity contribution in [3.8, 4) is 0 Å². The molecule has 2 saturated heterocycles. The van der Waals surface area contributed by atoms with Crippen LogP contribution in [0.4, 0.5) is 11.4 Å². The first-order valence-corrected chi connectivity index (χ1v) is 19.6. The Labute approximate surface area is 300 Å². The molecule has 2 aliphatic rings. The fourth-order valence-corrected chi connectivity index (χ4v) is 10.9. The van der Waals surface area contributed by atoms with E-state index in [-0.39, 0.29) is 80.7 Å². The van der Waals surface area contributed by atoms with Crippen LogP contribution in [-0.4, -0.2) is 75.5 Å². The zero-order valence-electron chi connectivity index (χ0n) is 29.2. The summed E-state index contributed by atoms with van der Waals surface area (Å²) in [6, 6.07) is 7.95. The zero-order valence-corrected chi connectivity index (χ0v) is 31.7. The lowest BCUT2D eigenvalue weighted by molar-refractivity contribution is -0.141. The van der Waals surface area contributed by atoms with Crippen molar-refractivity contribution in [3.63, 3.8) is 0 Å². The molecule has 5 rings (SSSR count). The molecule has 13 nitrogen and oxygen atoms in total. The molecule has 0 bridgehead atoms. The normalized spacial score (nSPS) is 23.1. The smallest absolute Gasteiger partial charge is 0.321 e. The summed E-state index contributed by atoms with van der Waals surface area (Å²) in [7, 11) is -7.89. The van der Waals surface area contributed by atoms with E-state index in [2.05, 4.69) is 16.0 Å². The second-order valence-electron chi connectivity index (χ2n) is 14.4. The summed E-state index contributed by atoms with van der Waals surface area (Å²) >= 11 is 0. The summed E-state index contributed by atoms with van der Waals surface area (Å²) in [5.74, 6) is -0.584. The van der Waals surface area contributed by atoms with Crippen LogP contribution in [0.25, 0.3) is 21.5 Å². The van der Waals surface area contributed by atoms with Gasteiger partial charge in [0.2, 0.25) is 20.0 Å². The third kappa shape index (κ3) is 8.09. The minimum atomic E-state index is -3.95. The molecule has 16 heteroatoms. The van der Waals surface area contributed by atoms with E-state index >= 15 is 0 Å². The first-order valence-electron chi connectivity index (χ1n) is 16.8. The molecule has 2 aliphatic heterocycles. The number of rotatable bonds is 12. The molecule has 3 aromatic rings. The van der Waals surface area contributed by atoms with Gasteiger partial charge in [-0.3, -0.25) is 20.4 Å². The Morgan fingerprint density at radius 2 is 1.24 bits per heavy atom. The Morgan fingerprint density at radius 1 is 0.820 bits per heavy atom. The highest BCUT2D eigenvalue weighted by Gasteiger charge is 2.34. The second kappa shape index (κ2) is 15.8. The van der Waals surface area contributed by atoms with Crippen molar-refractivity contribution in [3.05, 3.63) is 41.3 Å². The van der Waals surface area contributed by atoms with Gasteiger partial charge in [0.15, 0.2) is 0 Å². The molecule has 1 unspecified atom stereocenters. The van der Waals surface area contributed by atoms with Gasteiger partial charge in [0, 0.05) is 47.7 Å². The van der Waals surface area contributed by atoms with Gasteiger partial charge >= 0.3 is 5.97 Å². The quantitative estimate of drug-likeness (QED) is 0.0640. The Bertz CT molecular complexity index is 1820. The summed E-state index contributed by atoms with van der Waals surface area (Å²) in [4.78, 5) is 29.9. The average Bonchev–Trinajstić information content (AvgIpc) is 3.02. The fourth-order valence-electron chi connectivity index (χ4n) is 7.44. The van der Waals surface area contributed by atoms with Gasteiger partial charge in [-0.2, -0.15) is 8.61 Å². The number of carboxylic acids is 1. The zero-order chi connectivity index (χ0) is 35.8. The van der Waals surface area contributed by atoms with E-state index in [1.165, 1.54) is 45.0 Å². The monoisotopic (exact) mass is 753 g/mol. The molecule has 0 spiro atoms. The van der Waals surface area contributed by atoms with Crippen molar-refractivity contribution in [2.45, 2.75) is 70.2 Å². The standard InChI is InChI=1S/C34H47N5O8S2.ClH/c1-20(2)31(34(40)41)35-19-47-37-33-29-13-25(48(43,44)38-15-21(3)11-22(4)16-38)7-9-27(29)32(36-42)28-10-8-26(14-30(28)33)49(45,46)39-17-23(5)12-24(6)18-39;/h7-10,13-14,20-24,31,35,37H,11-12,15-19H2,1-6H3,(H,40,41);1H/t21-,22+,23-,24+,31?;. The van der Waals surface area contributed by atoms with Gasteiger partial charge in [0.25, 0.3) is 0 Å². The second-order valence-corrected chi connectivity index (χ2v) is 18.3. The van der Waals surface area contributed by atoms with Crippen molar-refractivity contribution in [1.29, 1.82) is 0 Å². The lowest BCUT2D eigenvalue weighted by atomic mass is 9.94. The number of carbonyl (C=O) groups is 1. The minimum Gasteiger partial charge on any atom is -0.480 e. The van der Waals surface area contributed by atoms with Crippen molar-refractivity contribution in [1.82, 2.24) is 13.9 Å². The number of nitrogens with zero attached hydrogens (tertiary/aromatic N) is 3. The van der Waals surface area contributed by atoms with E-state index in [1.54, 1.807) is 13.8 Å². The van der Waals surface area contributed by atoms with Crippen molar-refractivity contribution in [2.24, 2.45) is 34.8 Å². The molecule has 3 N–H and O–H groups in total. The summed E-state index contributed by atoms with van der Waals surface area (Å²) in [5.41, 5.74) is 3.08. The molecule has 5 atom stereocenters. The number of hydrogen-bond donors (Lipinski definition) is 3. The number of piperidine rings is 2. The highest BCUT2D eigenvalue weighted by Crippen LogP contribution is 2.44. The maximum Gasteiger partial charge on any atom is 0.321 e. The Balaban J connectivity index is 0.00000562. The number of hydrogen-bond acceptors (Lipinski definition) is 10. The SMILES string of the molecule is CC(C)C(NCONc1c2cc(S(=O)(=O)N3C[C@H](C)C[C@H](C)C3)ccc2c(N=O)c2ccc(S(=O)(=O)N3C[C@H](C)C[C@H](C)C3)cc12)C(=O)O.Cl. The van der Waals surface area contributed by atoms with Crippen LogP contribution < -0.4 is 10.8 Å². The highest BCUT2D eigenvalue weighted by atomic mass is 35.5. The van der Waals surface area contributed by atoms with Crippen LogP contribution in [-0.2, 0) is 29.7 Å². The number of carboxylic acid groups (broad SMARTS) is 1. The van der Waals surface area contributed by atoms with E-state index in [1.807, 2.05) is 27.7 Å². The molecule has 0 radical (unpaired) electrons. The Kier molecular flexibility index (Phi) is 12.6. The third-order valence-electron chi connectivity index (χ3n) is 9.55. The van der Waals surface area contributed by atoms with Gasteiger partial charge in [0.05, 0.1) is 15.5 Å². The molecule has 0 saturated carbocycles. The number of halogens is 1. The van der Waals surface area contributed by atoms with Crippen molar-refractivity contribution in [2.75, 3.05) is 38.4 Å². The van der Waals surface area contributed by atoms with E-state index in [0.29, 0.717) is 37.0 Å². The third-order valence-corrected chi connectivity index (χ3v) is 13.2. The summed E-state index contributed by atoms with van der Waals surface area (Å²) in [6.45, 7) is 12.8. The number of nitrogens with one attached hydrogen (secondary N) is 2. The Hall–Kier alpha value is -2.92. The van der Waals surface area contributed by atoms with Gasteiger partial charge in [-0.05, 0) is 71.9 Å². The summed E-state index contributed by atoms with van der Waals surface area (Å²) in [6.07, 6.45) is 1.84. The summed E-state index contributed by atoms with van der Waals surface area (Å²) < 4.78 is 58.8. The molecule has 0 amide bonds. The molecule has 2 fully saturated rings. The molecule has 50 heavy (non-hydrogen) atoms. The number of aliphatic carboxylic acids is 1. The largest absolute Gasteiger partial charge is 0.480 e. The van der Waals surface area contributed by atoms with Crippen LogP contribution in [0.15, 0.2) is 51.4 Å². The first kappa shape index (κ1) is 39.9. The molecular formula is C34H48ClN5O8S2.